The van der Waals surface area contributed by atoms with E-state index in [4.69, 9.17) is 5.73 Å². The van der Waals surface area contributed by atoms with Crippen LogP contribution in [0.4, 0.5) is 11.5 Å². The highest BCUT2D eigenvalue weighted by molar-refractivity contribution is 7.08. The van der Waals surface area contributed by atoms with Crippen molar-refractivity contribution in [2.24, 2.45) is 0 Å². The van der Waals surface area contributed by atoms with Gasteiger partial charge in [-0.05, 0) is 33.5 Å². The lowest BCUT2D eigenvalue weighted by Gasteiger charge is -2.25. The van der Waals surface area contributed by atoms with Gasteiger partial charge in [-0.15, -0.1) is 0 Å². The van der Waals surface area contributed by atoms with Crippen LogP contribution < -0.4 is 21.9 Å². The van der Waals surface area contributed by atoms with Crippen molar-refractivity contribution in [3.63, 3.8) is 0 Å². The summed E-state index contributed by atoms with van der Waals surface area (Å²) in [6.07, 6.45) is 0.118. The number of nitrogens with two attached hydrogens (primary N) is 1. The molecule has 0 aliphatic carbocycles. The van der Waals surface area contributed by atoms with Crippen molar-refractivity contribution in [2.45, 2.75) is 19.5 Å². The van der Waals surface area contributed by atoms with Gasteiger partial charge in [-0.1, -0.05) is 60.7 Å². The Labute approximate surface area is 188 Å². The van der Waals surface area contributed by atoms with Crippen LogP contribution in [0.3, 0.4) is 0 Å². The first kappa shape index (κ1) is 21.3. The van der Waals surface area contributed by atoms with Crippen LogP contribution in [-0.2, 0) is 24.3 Å². The van der Waals surface area contributed by atoms with E-state index in [-0.39, 0.29) is 36.9 Å². The molecule has 0 spiro atoms. The molecule has 0 unspecified atom stereocenters. The van der Waals surface area contributed by atoms with Crippen LogP contribution in [-0.4, -0.2) is 15.5 Å². The van der Waals surface area contributed by atoms with Gasteiger partial charge in [-0.2, -0.15) is 11.3 Å². The van der Waals surface area contributed by atoms with Crippen molar-refractivity contribution in [1.29, 1.82) is 0 Å². The summed E-state index contributed by atoms with van der Waals surface area (Å²) in [5, 5.41) is 3.79. The topological polar surface area (TPSA) is 101 Å². The lowest BCUT2D eigenvalue weighted by atomic mass is 10.1. The highest BCUT2D eigenvalue weighted by Gasteiger charge is 2.25. The van der Waals surface area contributed by atoms with Crippen LogP contribution in [0.15, 0.2) is 87.1 Å². The predicted molar refractivity (Wildman–Crippen MR) is 127 cm³/mol. The molecule has 8 heteroatoms. The van der Waals surface area contributed by atoms with Crippen molar-refractivity contribution >= 4 is 28.7 Å². The summed E-state index contributed by atoms with van der Waals surface area (Å²) >= 11 is 1.50. The van der Waals surface area contributed by atoms with Crippen molar-refractivity contribution < 1.29 is 4.79 Å². The molecule has 0 saturated carbocycles. The lowest BCUT2D eigenvalue weighted by Crippen LogP contribution is -2.41. The van der Waals surface area contributed by atoms with Gasteiger partial charge in [-0.25, -0.2) is 4.79 Å². The second-order valence-corrected chi connectivity index (χ2v) is 8.12. The highest BCUT2D eigenvalue weighted by atomic mass is 32.1. The number of benzene rings is 2. The van der Waals surface area contributed by atoms with Crippen LogP contribution in [0.2, 0.25) is 0 Å². The molecular formula is C24H22N4O3S. The smallest absolute Gasteiger partial charge is 0.330 e. The molecule has 0 fully saturated rings. The van der Waals surface area contributed by atoms with E-state index in [9.17, 15) is 14.4 Å². The minimum absolute atomic E-state index is 0.0235. The Kier molecular flexibility index (Phi) is 6.32. The Hall–Kier alpha value is -3.91. The first-order valence-electron chi connectivity index (χ1n) is 10.0. The molecular weight excluding hydrogens is 424 g/mol. The standard InChI is InChI=1S/C24H22N4O3S/c25-22-21(23(30)26-24(31)28(22)15-18-9-5-2-6-10-18)27(14-17-7-3-1-4-8-17)20(29)13-19-11-12-32-16-19/h1-12,16H,13-15,25H2,(H,26,30,31). The monoisotopic (exact) mass is 446 g/mol. The van der Waals surface area contributed by atoms with Crippen molar-refractivity contribution in [3.05, 3.63) is 115 Å². The maximum Gasteiger partial charge on any atom is 0.330 e. The number of rotatable bonds is 7. The van der Waals surface area contributed by atoms with Gasteiger partial charge < -0.3 is 5.73 Å². The van der Waals surface area contributed by atoms with E-state index < -0.39 is 11.2 Å². The molecule has 2 aromatic heterocycles. The number of carbonyl (C=O) groups is 1. The fourth-order valence-electron chi connectivity index (χ4n) is 3.48. The van der Waals surface area contributed by atoms with Crippen LogP contribution >= 0.6 is 11.3 Å². The number of aromatic amines is 1. The van der Waals surface area contributed by atoms with Gasteiger partial charge in [0.1, 0.15) is 5.82 Å². The molecule has 3 N–H and O–H groups in total. The van der Waals surface area contributed by atoms with E-state index in [1.807, 2.05) is 77.5 Å². The van der Waals surface area contributed by atoms with Crippen molar-refractivity contribution in [2.75, 3.05) is 10.6 Å². The van der Waals surface area contributed by atoms with Crippen molar-refractivity contribution in [1.82, 2.24) is 9.55 Å². The zero-order valence-electron chi connectivity index (χ0n) is 17.2. The Morgan fingerprint density at radius 1 is 0.938 bits per heavy atom. The average molecular weight is 447 g/mol. The van der Waals surface area contributed by atoms with Gasteiger partial charge in [0.25, 0.3) is 5.56 Å². The first-order chi connectivity index (χ1) is 15.5. The number of aromatic nitrogens is 2. The Morgan fingerprint density at radius 2 is 1.59 bits per heavy atom. The molecule has 0 atom stereocenters. The molecule has 162 valence electrons. The van der Waals surface area contributed by atoms with Gasteiger partial charge in [0.05, 0.1) is 19.5 Å². The number of hydrogen-bond donors (Lipinski definition) is 2. The molecule has 2 aromatic carbocycles. The van der Waals surface area contributed by atoms with E-state index in [2.05, 4.69) is 4.98 Å². The Morgan fingerprint density at radius 3 is 2.22 bits per heavy atom. The zero-order chi connectivity index (χ0) is 22.5. The van der Waals surface area contributed by atoms with Gasteiger partial charge >= 0.3 is 5.69 Å². The molecule has 32 heavy (non-hydrogen) atoms. The summed E-state index contributed by atoms with van der Waals surface area (Å²) in [6, 6.07) is 20.5. The first-order valence-corrected chi connectivity index (χ1v) is 11.0. The minimum Gasteiger partial charge on any atom is -0.383 e. The van der Waals surface area contributed by atoms with E-state index in [1.54, 1.807) is 0 Å². The molecule has 0 aliphatic rings. The number of nitrogens with one attached hydrogen (secondary N) is 1. The van der Waals surface area contributed by atoms with Crippen LogP contribution in [0, 0.1) is 0 Å². The SMILES string of the molecule is Nc1c(N(Cc2ccccc2)C(=O)Cc2ccsc2)c(=O)[nH]c(=O)n1Cc1ccccc1. The summed E-state index contributed by atoms with van der Waals surface area (Å²) in [6.45, 7) is 0.327. The zero-order valence-corrected chi connectivity index (χ0v) is 18.0. The number of anilines is 2. The van der Waals surface area contributed by atoms with Gasteiger partial charge in [0.2, 0.25) is 5.91 Å². The largest absolute Gasteiger partial charge is 0.383 e. The van der Waals surface area contributed by atoms with Crippen LogP contribution in [0.1, 0.15) is 16.7 Å². The maximum atomic E-state index is 13.3. The normalized spacial score (nSPS) is 10.8. The number of hydrogen-bond acceptors (Lipinski definition) is 5. The van der Waals surface area contributed by atoms with E-state index in [0.29, 0.717) is 0 Å². The molecule has 1 amide bonds. The predicted octanol–water partition coefficient (Wildman–Crippen LogP) is 3.00. The second kappa shape index (κ2) is 9.49. The maximum absolute atomic E-state index is 13.3. The summed E-state index contributed by atoms with van der Waals surface area (Å²) in [5.74, 6) is -0.327. The van der Waals surface area contributed by atoms with Gasteiger partial charge in [-0.3, -0.25) is 24.0 Å². The number of nitrogen functional groups attached to an aromatic ring is 1. The highest BCUT2D eigenvalue weighted by Crippen LogP contribution is 2.22. The van der Waals surface area contributed by atoms with Crippen LogP contribution in [0.5, 0.6) is 0 Å². The van der Waals surface area contributed by atoms with Gasteiger partial charge in [0.15, 0.2) is 5.69 Å². The second-order valence-electron chi connectivity index (χ2n) is 7.34. The third-order valence-electron chi connectivity index (χ3n) is 5.09. The van der Waals surface area contributed by atoms with E-state index in [1.165, 1.54) is 20.8 Å². The molecule has 4 rings (SSSR count). The third kappa shape index (κ3) is 4.70. The lowest BCUT2D eigenvalue weighted by molar-refractivity contribution is -0.118. The average Bonchev–Trinajstić information content (AvgIpc) is 3.30. The summed E-state index contributed by atoms with van der Waals surface area (Å²) < 4.78 is 1.28. The molecule has 0 radical (unpaired) electrons. The third-order valence-corrected chi connectivity index (χ3v) is 5.82. The van der Waals surface area contributed by atoms with Crippen LogP contribution in [0.25, 0.3) is 0 Å². The molecule has 2 heterocycles. The van der Waals surface area contributed by atoms with Gasteiger partial charge in [0, 0.05) is 0 Å². The minimum atomic E-state index is -0.689. The molecule has 0 aliphatic heterocycles. The molecule has 4 aromatic rings. The Balaban J connectivity index is 1.78. The van der Waals surface area contributed by atoms with E-state index in [0.717, 1.165) is 16.7 Å². The van der Waals surface area contributed by atoms with E-state index >= 15 is 0 Å². The Bertz CT molecular complexity index is 1310. The molecule has 0 saturated heterocycles. The quantitative estimate of drug-likeness (QED) is 0.456. The molecule has 7 nitrogen and oxygen atoms in total. The fourth-order valence-corrected chi connectivity index (χ4v) is 4.15. The summed E-state index contributed by atoms with van der Waals surface area (Å²) in [7, 11) is 0. The number of nitrogens with zero attached hydrogens (tertiary/aromatic N) is 2. The van der Waals surface area contributed by atoms with Crippen molar-refractivity contribution in [3.8, 4) is 0 Å². The number of H-pyrrole nitrogens is 1. The number of carbonyl (C=O) groups excluding carboxylic acids is 1. The molecule has 0 bridgehead atoms. The number of amides is 1. The summed E-state index contributed by atoms with van der Waals surface area (Å²) in [5.41, 5.74) is 7.55. The summed E-state index contributed by atoms with van der Waals surface area (Å²) in [4.78, 5) is 42.4. The fraction of sp³-hybridized carbons (Fsp3) is 0.125. The number of thiophene rings is 1.